The molecule has 1 heterocycles. The average Bonchev–Trinajstić information content (AvgIpc) is 3.48. The topological polar surface area (TPSA) is 108 Å². The zero-order valence-electron chi connectivity index (χ0n) is 52.8. The van der Waals surface area contributed by atoms with E-state index in [9.17, 15) is 19.2 Å². The molecule has 0 N–H and O–H groups in total. The fourth-order valence-electron chi connectivity index (χ4n) is 10.9. The number of benzene rings is 2. The monoisotopic (exact) mass is 1190 g/mol. The first kappa shape index (κ1) is 73.7. The molecule has 0 radical (unpaired) electrons. The Kier molecular flexibility index (Phi) is 46.9. The van der Waals surface area contributed by atoms with Crippen molar-refractivity contribution in [3.8, 4) is 11.5 Å². The van der Waals surface area contributed by atoms with Crippen LogP contribution in [-0.4, -0.2) is 73.1 Å². The van der Waals surface area contributed by atoms with Crippen molar-refractivity contribution < 1.29 is 38.1 Å². The minimum atomic E-state index is -0.209. The first-order chi connectivity index (χ1) is 40.8. The zero-order chi connectivity index (χ0) is 59.3. The molecule has 1 aliphatic heterocycles. The lowest BCUT2D eigenvalue weighted by molar-refractivity contribution is -0.144. The van der Waals surface area contributed by atoms with Gasteiger partial charge in [0.05, 0.1) is 26.1 Å². The molecule has 11 heteroatoms. The first-order valence-corrected chi connectivity index (χ1v) is 36.4. The summed E-state index contributed by atoms with van der Waals surface area (Å²) in [5.74, 6) is 3.75. The molecular formula is C72H117NO8S2. The molecule has 1 aliphatic rings. The van der Waals surface area contributed by atoms with E-state index in [4.69, 9.17) is 18.9 Å². The third-order valence-corrected chi connectivity index (χ3v) is 18.7. The Balaban J connectivity index is 1.09. The molecule has 0 aromatic heterocycles. The summed E-state index contributed by atoms with van der Waals surface area (Å²) in [5, 5.41) is 0. The highest BCUT2D eigenvalue weighted by atomic mass is 33.1. The number of ether oxygens (including phenoxy) is 4. The number of nitrogens with zero attached hydrogens (tertiary/aromatic N) is 1. The van der Waals surface area contributed by atoms with Crippen molar-refractivity contribution in [2.75, 3.05) is 44.4 Å². The molecule has 1 atom stereocenters. The van der Waals surface area contributed by atoms with Crippen LogP contribution in [0.25, 0.3) is 0 Å². The molecule has 0 bridgehead atoms. The standard InChI is InChI=1S/C72H117NO8S2/c1-4-7-9-11-13-15-17-19-21-23-25-27-29-31-35-40-69(74)80-67-46-42-65(43-47-67)61-71(76)78-57-52-63(38-6-3)39-34-33-37-59-82-83-60-56-73-54-50-64(51-55-73)53-58-79-72(77)62-66-44-48-68(49-45-66)81-70(75)41-36-32-30-28-26-24-22-20-18-16-14-12-10-8-5-2/h19-22,42-49,63-64H,4-18,23-41,50-62H2,1-3H3/b21-19-,22-20-. The van der Waals surface area contributed by atoms with Gasteiger partial charge in [0, 0.05) is 30.9 Å². The predicted molar refractivity (Wildman–Crippen MR) is 353 cm³/mol. The van der Waals surface area contributed by atoms with Crippen LogP contribution in [0.1, 0.15) is 276 Å². The van der Waals surface area contributed by atoms with Crippen molar-refractivity contribution in [3.05, 3.63) is 84.0 Å². The van der Waals surface area contributed by atoms with E-state index in [2.05, 4.69) is 50.0 Å². The molecule has 83 heavy (non-hydrogen) atoms. The minimum Gasteiger partial charge on any atom is -0.465 e. The number of rotatable bonds is 54. The summed E-state index contributed by atoms with van der Waals surface area (Å²) >= 11 is 0. The van der Waals surface area contributed by atoms with Gasteiger partial charge in [-0.1, -0.05) is 226 Å². The number of allylic oxidation sites excluding steroid dienone is 4. The van der Waals surface area contributed by atoms with E-state index in [-0.39, 0.29) is 36.7 Å². The van der Waals surface area contributed by atoms with E-state index >= 15 is 0 Å². The highest BCUT2D eigenvalue weighted by Gasteiger charge is 2.20. The highest BCUT2D eigenvalue weighted by molar-refractivity contribution is 8.76. The van der Waals surface area contributed by atoms with Gasteiger partial charge < -0.3 is 23.8 Å². The van der Waals surface area contributed by atoms with Gasteiger partial charge in [-0.05, 0) is 157 Å². The average molecular weight is 1190 g/mol. The SMILES string of the molecule is CCCCCCCC/C=C\CCCCCCCC(=O)Oc1ccc(CC(=O)OCCC(CCC)CCCCCSSCCN2CCC(CCOC(=O)Cc3ccc(OC(=O)CCCCCCC/C=C\CCCCCCCC)cc3)CC2)cc1. The molecule has 0 spiro atoms. The summed E-state index contributed by atoms with van der Waals surface area (Å²) < 4.78 is 22.4. The zero-order valence-corrected chi connectivity index (χ0v) is 54.5. The van der Waals surface area contributed by atoms with E-state index in [1.807, 2.05) is 45.9 Å². The van der Waals surface area contributed by atoms with Gasteiger partial charge in [0.2, 0.25) is 0 Å². The van der Waals surface area contributed by atoms with Gasteiger partial charge in [0.15, 0.2) is 0 Å². The van der Waals surface area contributed by atoms with Crippen LogP contribution >= 0.6 is 21.6 Å². The van der Waals surface area contributed by atoms with Crippen molar-refractivity contribution in [1.82, 2.24) is 4.90 Å². The van der Waals surface area contributed by atoms with Gasteiger partial charge in [0.25, 0.3) is 0 Å². The maximum Gasteiger partial charge on any atom is 0.311 e. The van der Waals surface area contributed by atoms with Crippen LogP contribution in [0.3, 0.4) is 0 Å². The molecule has 3 rings (SSSR count). The van der Waals surface area contributed by atoms with Crippen molar-refractivity contribution in [2.24, 2.45) is 11.8 Å². The lowest BCUT2D eigenvalue weighted by Gasteiger charge is -2.31. The Morgan fingerprint density at radius 2 is 0.880 bits per heavy atom. The van der Waals surface area contributed by atoms with E-state index in [1.165, 1.54) is 153 Å². The van der Waals surface area contributed by atoms with Gasteiger partial charge in [-0.15, -0.1) is 0 Å². The summed E-state index contributed by atoms with van der Waals surface area (Å²) in [7, 11) is 4.01. The number of piperidine rings is 1. The van der Waals surface area contributed by atoms with Crippen LogP contribution in [-0.2, 0) is 41.5 Å². The van der Waals surface area contributed by atoms with E-state index in [0.29, 0.717) is 49.4 Å². The van der Waals surface area contributed by atoms with Gasteiger partial charge in [-0.2, -0.15) is 0 Å². The van der Waals surface area contributed by atoms with E-state index < -0.39 is 0 Å². The maximum absolute atomic E-state index is 12.7. The third-order valence-electron chi connectivity index (χ3n) is 16.2. The molecule has 0 saturated carbocycles. The summed E-state index contributed by atoms with van der Waals surface area (Å²) in [5.41, 5.74) is 1.72. The Morgan fingerprint density at radius 3 is 1.35 bits per heavy atom. The Morgan fingerprint density at radius 1 is 0.458 bits per heavy atom. The summed E-state index contributed by atoms with van der Waals surface area (Å²) in [6.45, 7) is 11.1. The number of esters is 4. The molecule has 0 aliphatic carbocycles. The lowest BCUT2D eigenvalue weighted by Crippen LogP contribution is -2.35. The fourth-order valence-corrected chi connectivity index (χ4v) is 13.1. The lowest BCUT2D eigenvalue weighted by atomic mass is 9.94. The molecule has 1 unspecified atom stereocenters. The summed E-state index contributed by atoms with van der Waals surface area (Å²) in [6.07, 6.45) is 54.0. The maximum atomic E-state index is 12.7. The largest absolute Gasteiger partial charge is 0.465 e. The number of likely N-dealkylation sites (tertiary alicyclic amines) is 1. The highest BCUT2D eigenvalue weighted by Crippen LogP contribution is 2.27. The smallest absolute Gasteiger partial charge is 0.311 e. The van der Waals surface area contributed by atoms with Crippen molar-refractivity contribution >= 4 is 45.5 Å². The van der Waals surface area contributed by atoms with Crippen LogP contribution in [0.15, 0.2) is 72.8 Å². The summed E-state index contributed by atoms with van der Waals surface area (Å²) in [6, 6.07) is 14.5. The quantitative estimate of drug-likeness (QED) is 0.0208. The predicted octanol–water partition coefficient (Wildman–Crippen LogP) is 20.3. The van der Waals surface area contributed by atoms with Crippen LogP contribution in [0, 0.1) is 11.8 Å². The molecular weight excluding hydrogens is 1070 g/mol. The van der Waals surface area contributed by atoms with Crippen LogP contribution in [0.2, 0.25) is 0 Å². The van der Waals surface area contributed by atoms with Crippen molar-refractivity contribution in [2.45, 2.75) is 278 Å². The molecule has 9 nitrogen and oxygen atoms in total. The van der Waals surface area contributed by atoms with Gasteiger partial charge in [0.1, 0.15) is 11.5 Å². The first-order valence-electron chi connectivity index (χ1n) is 33.9. The van der Waals surface area contributed by atoms with E-state index in [1.54, 1.807) is 24.3 Å². The molecule has 2 aromatic carbocycles. The van der Waals surface area contributed by atoms with Crippen LogP contribution < -0.4 is 9.47 Å². The molecule has 2 aromatic rings. The normalized spacial score (nSPS) is 13.5. The van der Waals surface area contributed by atoms with E-state index in [0.717, 1.165) is 120 Å². The van der Waals surface area contributed by atoms with Crippen molar-refractivity contribution in [3.63, 3.8) is 0 Å². The van der Waals surface area contributed by atoms with Gasteiger partial charge in [-0.25, -0.2) is 0 Å². The fraction of sp³-hybridized carbons (Fsp3) is 0.722. The van der Waals surface area contributed by atoms with Crippen LogP contribution in [0.5, 0.6) is 11.5 Å². The number of carbonyl (C=O) groups excluding carboxylic acids is 4. The van der Waals surface area contributed by atoms with Crippen LogP contribution in [0.4, 0.5) is 0 Å². The Labute approximate surface area is 515 Å². The number of unbranched alkanes of at least 4 members (excludes halogenated alkanes) is 24. The Hall–Kier alpha value is -3.54. The minimum absolute atomic E-state index is 0.196. The number of hydrogen-bond acceptors (Lipinski definition) is 11. The second-order valence-electron chi connectivity index (χ2n) is 23.7. The second-order valence-corrected chi connectivity index (χ2v) is 26.4. The second kappa shape index (κ2) is 52.8. The molecule has 1 saturated heterocycles. The van der Waals surface area contributed by atoms with Gasteiger partial charge in [-0.3, -0.25) is 19.2 Å². The third kappa shape index (κ3) is 42.9. The number of carbonyl (C=O) groups is 4. The Bertz CT molecular complexity index is 1950. The number of hydrogen-bond donors (Lipinski definition) is 0. The van der Waals surface area contributed by atoms with Crippen molar-refractivity contribution in [1.29, 1.82) is 0 Å². The van der Waals surface area contributed by atoms with Gasteiger partial charge >= 0.3 is 23.9 Å². The summed E-state index contributed by atoms with van der Waals surface area (Å²) in [4.78, 5) is 52.7. The molecule has 0 amide bonds. The molecule has 1 fully saturated rings. The molecule has 470 valence electrons.